The number of nitro groups is 1. The van der Waals surface area contributed by atoms with E-state index in [1.165, 1.54) is 15.9 Å². The predicted octanol–water partition coefficient (Wildman–Crippen LogP) is 5.35. The third-order valence-corrected chi connectivity index (χ3v) is 12.6. The Morgan fingerprint density at radius 3 is 1.86 bits per heavy atom. The van der Waals surface area contributed by atoms with Crippen molar-refractivity contribution in [1.82, 2.24) is 4.90 Å². The third kappa shape index (κ3) is 5.17. The first-order valence-corrected chi connectivity index (χ1v) is 14.7. The summed E-state index contributed by atoms with van der Waals surface area (Å²) < 4.78 is 7.26. The number of hydrogen-bond acceptors (Lipinski definition) is 4. The highest BCUT2D eigenvalue weighted by atomic mass is 28.4. The normalized spacial score (nSPS) is 15.2. The van der Waals surface area contributed by atoms with Crippen molar-refractivity contribution in [2.75, 3.05) is 19.7 Å². The van der Waals surface area contributed by atoms with Crippen LogP contribution in [0, 0.1) is 10.1 Å². The van der Waals surface area contributed by atoms with Gasteiger partial charge in [-0.3, -0.25) is 15.0 Å². The van der Waals surface area contributed by atoms with Gasteiger partial charge in [0.1, 0.15) is 0 Å². The number of hydrogen-bond donors (Lipinski definition) is 0. The van der Waals surface area contributed by atoms with E-state index < -0.39 is 8.32 Å². The quantitative estimate of drug-likeness (QED) is 0.248. The second-order valence-electron chi connectivity index (χ2n) is 11.5. The number of fused-ring (bicyclic) bond motifs is 1. The van der Waals surface area contributed by atoms with Gasteiger partial charge >= 0.3 is 0 Å². The van der Waals surface area contributed by atoms with Gasteiger partial charge in [-0.25, -0.2) is 0 Å². The van der Waals surface area contributed by atoms with Gasteiger partial charge in [-0.1, -0.05) is 87.5 Å². The van der Waals surface area contributed by atoms with Gasteiger partial charge in [0.25, 0.3) is 14.0 Å². The van der Waals surface area contributed by atoms with Gasteiger partial charge in [-0.05, 0) is 53.2 Å². The molecule has 0 atom stereocenters. The molecule has 0 unspecified atom stereocenters. The molecule has 1 heterocycles. The zero-order valence-corrected chi connectivity index (χ0v) is 23.2. The Kier molecular flexibility index (Phi) is 7.50. The third-order valence-electron chi connectivity index (χ3n) is 7.62. The molecule has 0 N–H and O–H groups in total. The molecule has 0 fully saturated rings. The Balaban J connectivity index is 1.62. The van der Waals surface area contributed by atoms with Crippen LogP contribution in [0.5, 0.6) is 0 Å². The molecule has 1 aliphatic rings. The van der Waals surface area contributed by atoms with Crippen LogP contribution >= 0.6 is 0 Å². The lowest BCUT2D eigenvalue weighted by Gasteiger charge is -2.46. The maximum Gasteiger partial charge on any atom is 0.269 e. The first kappa shape index (κ1) is 26.3. The highest BCUT2D eigenvalue weighted by Crippen LogP contribution is 2.37. The molecular weight excluding hydrogens is 464 g/mol. The van der Waals surface area contributed by atoms with Crippen LogP contribution in [0.1, 0.15) is 45.7 Å². The van der Waals surface area contributed by atoms with Crippen LogP contribution < -0.4 is 10.4 Å². The highest BCUT2D eigenvalue weighted by molar-refractivity contribution is 6.99. The molecule has 0 aromatic heterocycles. The Bertz CT molecular complexity index is 1150. The van der Waals surface area contributed by atoms with Crippen molar-refractivity contribution in [3.05, 3.63) is 100 Å². The molecule has 0 aliphatic carbocycles. The molecule has 4 rings (SSSR count). The van der Waals surface area contributed by atoms with Crippen molar-refractivity contribution in [2.24, 2.45) is 0 Å². The monoisotopic (exact) mass is 502 g/mol. The van der Waals surface area contributed by atoms with E-state index >= 15 is 0 Å². The van der Waals surface area contributed by atoms with Crippen LogP contribution in [0.2, 0.25) is 5.04 Å². The molecule has 0 radical (unpaired) electrons. The molecule has 3 aromatic rings. The fourth-order valence-corrected chi connectivity index (χ4v) is 10.3. The molecule has 0 saturated heterocycles. The van der Waals surface area contributed by atoms with Crippen LogP contribution in [-0.2, 0) is 17.3 Å². The van der Waals surface area contributed by atoms with Gasteiger partial charge in [-0.15, -0.1) is 0 Å². The highest BCUT2D eigenvalue weighted by Gasteiger charge is 2.51. The van der Waals surface area contributed by atoms with Crippen LogP contribution in [0.15, 0.2) is 78.9 Å². The summed E-state index contributed by atoms with van der Waals surface area (Å²) >= 11 is 0. The first-order valence-electron chi connectivity index (χ1n) is 12.8. The SMILES string of the molecule is CC(C)(CO[Si](c1ccccc1)(c1ccccc1)C(C)(C)C)N1CCc2ccc([N+](=O)[O-])cc2CC1. The van der Waals surface area contributed by atoms with Crippen molar-refractivity contribution in [3.63, 3.8) is 0 Å². The molecule has 1 aliphatic heterocycles. The van der Waals surface area contributed by atoms with Crippen LogP contribution in [0.4, 0.5) is 5.69 Å². The van der Waals surface area contributed by atoms with Gasteiger partial charge in [0.2, 0.25) is 0 Å². The predicted molar refractivity (Wildman–Crippen MR) is 150 cm³/mol. The summed E-state index contributed by atoms with van der Waals surface area (Å²) in [4.78, 5) is 13.5. The standard InChI is InChI=1S/C30H38N2O3Si/c1-29(2,3)36(27-12-8-6-9-13-27,28-14-10-7-11-15-28)35-23-30(4,5)31-20-18-24-16-17-26(32(33)34)22-25(24)19-21-31/h6-17,22H,18-21,23H2,1-5H3. The minimum absolute atomic E-state index is 0.0697. The fraction of sp³-hybridized carbons (Fsp3) is 0.400. The number of nitro benzene ring substituents is 1. The number of nitrogens with zero attached hydrogens (tertiary/aromatic N) is 2. The fourth-order valence-electron chi connectivity index (χ4n) is 5.57. The lowest BCUT2D eigenvalue weighted by molar-refractivity contribution is -0.384. The Morgan fingerprint density at radius 1 is 0.833 bits per heavy atom. The number of non-ortho nitro benzene ring substituents is 1. The van der Waals surface area contributed by atoms with E-state index in [0.717, 1.165) is 31.5 Å². The smallest absolute Gasteiger partial charge is 0.269 e. The van der Waals surface area contributed by atoms with Crippen molar-refractivity contribution in [3.8, 4) is 0 Å². The first-order chi connectivity index (χ1) is 17.0. The molecule has 6 heteroatoms. The second kappa shape index (κ2) is 10.3. The molecule has 3 aromatic carbocycles. The Morgan fingerprint density at radius 2 is 1.36 bits per heavy atom. The molecule has 0 bridgehead atoms. The van der Waals surface area contributed by atoms with Gasteiger partial charge in [0, 0.05) is 30.8 Å². The molecule has 36 heavy (non-hydrogen) atoms. The van der Waals surface area contributed by atoms with Gasteiger partial charge in [0.15, 0.2) is 0 Å². The van der Waals surface area contributed by atoms with Gasteiger partial charge < -0.3 is 4.43 Å². The number of benzene rings is 3. The maximum atomic E-state index is 11.3. The van der Waals surface area contributed by atoms with Crippen LogP contribution in [0.25, 0.3) is 0 Å². The maximum absolute atomic E-state index is 11.3. The van der Waals surface area contributed by atoms with Crippen molar-refractivity contribution in [1.29, 1.82) is 0 Å². The van der Waals surface area contributed by atoms with Crippen LogP contribution in [-0.4, -0.2) is 43.4 Å². The van der Waals surface area contributed by atoms with E-state index in [2.05, 4.69) is 100 Å². The van der Waals surface area contributed by atoms with E-state index in [9.17, 15) is 10.1 Å². The minimum atomic E-state index is -2.62. The molecule has 0 amide bonds. The van der Waals surface area contributed by atoms with E-state index in [-0.39, 0.29) is 21.2 Å². The zero-order valence-electron chi connectivity index (χ0n) is 22.2. The molecular formula is C30H38N2O3Si. The molecule has 190 valence electrons. The average Bonchev–Trinajstić information content (AvgIpc) is 3.07. The largest absolute Gasteiger partial charge is 0.406 e. The second-order valence-corrected chi connectivity index (χ2v) is 15.8. The summed E-state index contributed by atoms with van der Waals surface area (Å²) in [6.07, 6.45) is 1.69. The minimum Gasteiger partial charge on any atom is -0.406 e. The van der Waals surface area contributed by atoms with Crippen molar-refractivity contribution >= 4 is 24.4 Å². The summed E-state index contributed by atoms with van der Waals surface area (Å²) in [5.41, 5.74) is 2.29. The lowest BCUT2D eigenvalue weighted by Crippen LogP contribution is -2.68. The number of rotatable bonds is 7. The summed E-state index contributed by atoms with van der Waals surface area (Å²) in [5.74, 6) is 0. The zero-order chi connectivity index (χ0) is 26.0. The topological polar surface area (TPSA) is 55.6 Å². The summed E-state index contributed by atoms with van der Waals surface area (Å²) in [7, 11) is -2.62. The van der Waals surface area contributed by atoms with E-state index in [0.29, 0.717) is 6.61 Å². The van der Waals surface area contributed by atoms with Crippen LogP contribution in [0.3, 0.4) is 0 Å². The van der Waals surface area contributed by atoms with Crippen molar-refractivity contribution < 1.29 is 9.35 Å². The Labute approximate surface area is 216 Å². The summed E-state index contributed by atoms with van der Waals surface area (Å²) in [6, 6.07) is 26.8. The van der Waals surface area contributed by atoms with E-state index in [1.54, 1.807) is 12.1 Å². The summed E-state index contributed by atoms with van der Waals surface area (Å²) in [5, 5.41) is 13.8. The Hall–Kier alpha value is -2.80. The van der Waals surface area contributed by atoms with Crippen molar-refractivity contribution in [2.45, 2.75) is 58.0 Å². The van der Waals surface area contributed by atoms with Gasteiger partial charge in [0.05, 0.1) is 11.5 Å². The molecule has 0 saturated carbocycles. The van der Waals surface area contributed by atoms with E-state index in [4.69, 9.17) is 4.43 Å². The lowest BCUT2D eigenvalue weighted by atomic mass is 10.0. The summed E-state index contributed by atoms with van der Waals surface area (Å²) in [6.45, 7) is 13.8. The molecule has 0 spiro atoms. The molecule has 5 nitrogen and oxygen atoms in total. The van der Waals surface area contributed by atoms with E-state index in [1.807, 2.05) is 6.07 Å². The van der Waals surface area contributed by atoms with Gasteiger partial charge in [-0.2, -0.15) is 0 Å². The average molecular weight is 503 g/mol.